The summed E-state index contributed by atoms with van der Waals surface area (Å²) in [5.74, 6) is 0.666. The molecule has 1 unspecified atom stereocenters. The Hall–Kier alpha value is 0.400. The van der Waals surface area contributed by atoms with Gasteiger partial charge in [0.2, 0.25) is 0 Å². The summed E-state index contributed by atoms with van der Waals surface area (Å²) in [4.78, 5) is 0. The highest BCUT2D eigenvalue weighted by atomic mass is 32.2. The van der Waals surface area contributed by atoms with Gasteiger partial charge in [0.1, 0.15) is 5.41 Å². The highest BCUT2D eigenvalue weighted by molar-refractivity contribution is 7.93. The van der Waals surface area contributed by atoms with Gasteiger partial charge in [0.15, 0.2) is 0 Å². The largest absolute Gasteiger partial charge is 0.612 e. The first kappa shape index (κ1) is 7.40. The molecule has 0 aliphatic rings. The van der Waals surface area contributed by atoms with Gasteiger partial charge >= 0.3 is 0 Å². The van der Waals surface area contributed by atoms with Gasteiger partial charge in [-0.2, -0.15) is 12.6 Å². The Morgan fingerprint density at radius 3 is 2.57 bits per heavy atom. The topological polar surface area (TPSA) is 23.1 Å². The molecule has 0 radical (unpaired) electrons. The molecule has 0 bridgehead atoms. The molecule has 0 aromatic rings. The van der Waals surface area contributed by atoms with Crippen molar-refractivity contribution < 1.29 is 4.55 Å². The first-order chi connectivity index (χ1) is 3.27. The SMILES string of the molecule is C[S+]([O-])/C=C/CS. The van der Waals surface area contributed by atoms with Crippen LogP contribution in [0.15, 0.2) is 11.5 Å². The molecule has 0 aliphatic heterocycles. The van der Waals surface area contributed by atoms with Crippen LogP contribution < -0.4 is 0 Å². The molecule has 1 nitrogen and oxygen atoms in total. The summed E-state index contributed by atoms with van der Waals surface area (Å²) in [7, 11) is 0. The Morgan fingerprint density at radius 1 is 1.86 bits per heavy atom. The van der Waals surface area contributed by atoms with Crippen LogP contribution in [0.1, 0.15) is 0 Å². The standard InChI is InChI=1S/C4H8OS2/c1-7(5)4-2-3-6/h2,4,6H,3H2,1H3/b4-2+. The minimum Gasteiger partial charge on any atom is -0.612 e. The third kappa shape index (κ3) is 6.40. The molecular formula is C4H8OS2. The van der Waals surface area contributed by atoms with Crippen molar-refractivity contribution in [1.29, 1.82) is 0 Å². The lowest BCUT2D eigenvalue weighted by Gasteiger charge is -1.92. The maximum Gasteiger partial charge on any atom is 0.113 e. The molecule has 42 valence electrons. The second-order valence-corrected chi connectivity index (χ2v) is 2.69. The van der Waals surface area contributed by atoms with E-state index in [1.54, 1.807) is 17.7 Å². The van der Waals surface area contributed by atoms with Crippen LogP contribution in [0.3, 0.4) is 0 Å². The Morgan fingerprint density at radius 2 is 2.43 bits per heavy atom. The number of rotatable bonds is 2. The summed E-state index contributed by atoms with van der Waals surface area (Å²) < 4.78 is 10.2. The molecule has 3 heteroatoms. The van der Waals surface area contributed by atoms with E-state index in [9.17, 15) is 4.55 Å². The van der Waals surface area contributed by atoms with Gasteiger partial charge in [0, 0.05) is 5.75 Å². The molecule has 0 heterocycles. The van der Waals surface area contributed by atoms with Gasteiger partial charge in [0.05, 0.1) is 6.26 Å². The number of hydrogen-bond acceptors (Lipinski definition) is 2. The van der Waals surface area contributed by atoms with Crippen LogP contribution in [0.2, 0.25) is 0 Å². The number of hydrogen-bond donors (Lipinski definition) is 1. The third-order valence-electron chi connectivity index (χ3n) is 0.393. The van der Waals surface area contributed by atoms with Crippen LogP contribution in [0.5, 0.6) is 0 Å². The minimum atomic E-state index is -0.795. The molecule has 0 aromatic carbocycles. The molecule has 0 N–H and O–H groups in total. The van der Waals surface area contributed by atoms with Crippen molar-refractivity contribution in [2.45, 2.75) is 0 Å². The molecule has 0 rings (SSSR count). The normalized spacial score (nSPS) is 15.3. The Kier molecular flexibility index (Phi) is 4.82. The average Bonchev–Trinajstić information content (AvgIpc) is 1.61. The quantitative estimate of drug-likeness (QED) is 0.440. The molecule has 0 aliphatic carbocycles. The highest BCUT2D eigenvalue weighted by Crippen LogP contribution is 1.85. The van der Waals surface area contributed by atoms with Crippen molar-refractivity contribution in [3.63, 3.8) is 0 Å². The zero-order valence-corrected chi connectivity index (χ0v) is 5.84. The van der Waals surface area contributed by atoms with Gasteiger partial charge in [-0.1, -0.05) is 0 Å². The summed E-state index contributed by atoms with van der Waals surface area (Å²) in [5.41, 5.74) is 0. The third-order valence-corrected chi connectivity index (χ3v) is 1.18. The maximum atomic E-state index is 10.2. The van der Waals surface area contributed by atoms with E-state index in [1.165, 1.54) is 0 Å². The fourth-order valence-corrected chi connectivity index (χ4v) is 0.794. The van der Waals surface area contributed by atoms with Crippen molar-refractivity contribution in [1.82, 2.24) is 0 Å². The van der Waals surface area contributed by atoms with Crippen molar-refractivity contribution in [2.75, 3.05) is 12.0 Å². The van der Waals surface area contributed by atoms with E-state index in [4.69, 9.17) is 0 Å². The lowest BCUT2D eigenvalue weighted by Crippen LogP contribution is -1.87. The lowest BCUT2D eigenvalue weighted by molar-refractivity contribution is 0.609. The predicted octanol–water partition coefficient (Wildman–Crippen LogP) is 0.808. The molecule has 0 saturated carbocycles. The second-order valence-electron chi connectivity index (χ2n) is 1.05. The van der Waals surface area contributed by atoms with Crippen LogP contribution in [0.25, 0.3) is 0 Å². The van der Waals surface area contributed by atoms with Crippen LogP contribution in [-0.4, -0.2) is 16.6 Å². The van der Waals surface area contributed by atoms with Gasteiger partial charge in [-0.25, -0.2) is 0 Å². The summed E-state index contributed by atoms with van der Waals surface area (Å²) in [5, 5.41) is 1.62. The first-order valence-corrected chi connectivity index (χ1v) is 4.12. The lowest BCUT2D eigenvalue weighted by atomic mass is 10.8. The molecule has 0 fully saturated rings. The summed E-state index contributed by atoms with van der Waals surface area (Å²) in [6.45, 7) is 0. The second kappa shape index (κ2) is 4.56. The maximum absolute atomic E-state index is 10.2. The number of thiol groups is 1. The monoisotopic (exact) mass is 136 g/mol. The molecule has 0 aromatic heterocycles. The Labute approximate surface area is 52.4 Å². The highest BCUT2D eigenvalue weighted by Gasteiger charge is 1.80. The average molecular weight is 136 g/mol. The zero-order chi connectivity index (χ0) is 5.70. The van der Waals surface area contributed by atoms with Crippen molar-refractivity contribution in [3.05, 3.63) is 11.5 Å². The van der Waals surface area contributed by atoms with E-state index >= 15 is 0 Å². The van der Waals surface area contributed by atoms with Crippen LogP contribution >= 0.6 is 12.6 Å². The van der Waals surface area contributed by atoms with Crippen molar-refractivity contribution >= 4 is 23.8 Å². The first-order valence-electron chi connectivity index (χ1n) is 1.87. The Bertz CT molecular complexity index is 60.7. The predicted molar refractivity (Wildman–Crippen MR) is 37.1 cm³/mol. The van der Waals surface area contributed by atoms with Crippen molar-refractivity contribution in [2.24, 2.45) is 0 Å². The van der Waals surface area contributed by atoms with E-state index < -0.39 is 11.2 Å². The zero-order valence-electron chi connectivity index (χ0n) is 4.13. The smallest absolute Gasteiger partial charge is 0.113 e. The van der Waals surface area contributed by atoms with Crippen LogP contribution in [-0.2, 0) is 11.2 Å². The summed E-state index contributed by atoms with van der Waals surface area (Å²) in [6, 6.07) is 0. The molecule has 7 heavy (non-hydrogen) atoms. The van der Waals surface area contributed by atoms with E-state index in [0.717, 1.165) is 0 Å². The molecular weight excluding hydrogens is 128 g/mol. The molecule has 0 amide bonds. The molecule has 1 atom stereocenters. The fourth-order valence-electron chi connectivity index (χ4n) is 0.179. The molecule has 0 spiro atoms. The van der Waals surface area contributed by atoms with E-state index in [2.05, 4.69) is 12.6 Å². The van der Waals surface area contributed by atoms with Crippen LogP contribution in [0.4, 0.5) is 0 Å². The van der Waals surface area contributed by atoms with Crippen molar-refractivity contribution in [3.8, 4) is 0 Å². The fraction of sp³-hybridized carbons (Fsp3) is 0.500. The van der Waals surface area contributed by atoms with Gasteiger partial charge in [-0.15, -0.1) is 0 Å². The Balaban J connectivity index is 3.08. The van der Waals surface area contributed by atoms with Gasteiger partial charge < -0.3 is 4.55 Å². The van der Waals surface area contributed by atoms with Gasteiger partial charge in [0.25, 0.3) is 0 Å². The van der Waals surface area contributed by atoms with Gasteiger partial charge in [-0.3, -0.25) is 0 Å². The van der Waals surface area contributed by atoms with E-state index in [1.807, 2.05) is 0 Å². The van der Waals surface area contributed by atoms with E-state index in [-0.39, 0.29) is 0 Å². The van der Waals surface area contributed by atoms with E-state index in [0.29, 0.717) is 5.75 Å². The van der Waals surface area contributed by atoms with Crippen LogP contribution in [0, 0.1) is 0 Å². The molecule has 0 saturated heterocycles. The minimum absolute atomic E-state index is 0.666. The summed E-state index contributed by atoms with van der Waals surface area (Å²) in [6.07, 6.45) is 3.39. The van der Waals surface area contributed by atoms with Gasteiger partial charge in [-0.05, 0) is 17.3 Å². The summed E-state index contributed by atoms with van der Waals surface area (Å²) >= 11 is 3.08.